The molecule has 1 saturated carbocycles. The molecule has 0 bridgehead atoms. The van der Waals surface area contributed by atoms with Gasteiger partial charge in [-0.25, -0.2) is 17.5 Å². The van der Waals surface area contributed by atoms with Gasteiger partial charge in [-0.2, -0.15) is 0 Å². The van der Waals surface area contributed by atoms with E-state index in [0.717, 1.165) is 62.8 Å². The average molecular weight is 484 g/mol. The summed E-state index contributed by atoms with van der Waals surface area (Å²) in [6.07, 6.45) is 6.68. The third-order valence-electron chi connectivity index (χ3n) is 6.22. The van der Waals surface area contributed by atoms with Gasteiger partial charge in [0.25, 0.3) is 0 Å². The Morgan fingerprint density at radius 1 is 1.15 bits per heavy atom. The Morgan fingerprint density at radius 2 is 1.85 bits per heavy atom. The van der Waals surface area contributed by atoms with E-state index < -0.39 is 34.3 Å². The van der Waals surface area contributed by atoms with E-state index in [1.165, 1.54) is 4.90 Å². The summed E-state index contributed by atoms with van der Waals surface area (Å²) in [5.41, 5.74) is 0. The van der Waals surface area contributed by atoms with Crippen molar-refractivity contribution in [2.45, 2.75) is 81.4 Å². The van der Waals surface area contributed by atoms with Crippen LogP contribution in [0.3, 0.4) is 0 Å². The van der Waals surface area contributed by atoms with Gasteiger partial charge in [-0.1, -0.05) is 26.2 Å². The van der Waals surface area contributed by atoms with Crippen molar-refractivity contribution in [1.82, 2.24) is 14.9 Å². The molecule has 1 aromatic rings. The second-order valence-corrected chi connectivity index (χ2v) is 10.5. The number of rotatable bonds is 11. The molecular weight excluding hydrogens is 449 g/mol. The molecule has 2 amide bonds. The van der Waals surface area contributed by atoms with Crippen LogP contribution in [-0.2, 0) is 24.3 Å². The first-order chi connectivity index (χ1) is 15.8. The molecule has 1 heterocycles. The monoisotopic (exact) mass is 483 g/mol. The van der Waals surface area contributed by atoms with Crippen molar-refractivity contribution < 1.29 is 27.1 Å². The third kappa shape index (κ3) is 7.22. The van der Waals surface area contributed by atoms with Crippen LogP contribution in [0.1, 0.15) is 58.3 Å². The highest BCUT2D eigenvalue weighted by atomic mass is 32.2. The molecule has 1 aromatic carbocycles. The lowest BCUT2D eigenvalue weighted by Gasteiger charge is -2.33. The SMILES string of the molecule is CCC[C@@H](C(=O)NC1CCCC1)N(C[C@@H]1CCCO1)C(=O)CNS(=O)(=O)c1ccc(F)cc1. The van der Waals surface area contributed by atoms with E-state index in [-0.39, 0.29) is 29.5 Å². The number of hydrogen-bond acceptors (Lipinski definition) is 5. The van der Waals surface area contributed by atoms with Gasteiger partial charge in [0.1, 0.15) is 11.9 Å². The van der Waals surface area contributed by atoms with Crippen LogP contribution in [-0.4, -0.2) is 63.0 Å². The molecule has 2 aliphatic rings. The highest BCUT2D eigenvalue weighted by Crippen LogP contribution is 2.20. The number of nitrogens with zero attached hydrogens (tertiary/aromatic N) is 1. The summed E-state index contributed by atoms with van der Waals surface area (Å²) < 4.78 is 46.3. The normalized spacial score (nSPS) is 20.0. The van der Waals surface area contributed by atoms with Crippen LogP contribution in [0.4, 0.5) is 4.39 Å². The van der Waals surface area contributed by atoms with Gasteiger partial charge in [-0.3, -0.25) is 9.59 Å². The number of amides is 2. The summed E-state index contributed by atoms with van der Waals surface area (Å²) in [6.45, 7) is 2.29. The number of sulfonamides is 1. The van der Waals surface area contributed by atoms with Crippen molar-refractivity contribution >= 4 is 21.8 Å². The Hall–Kier alpha value is -2.04. The number of carbonyl (C=O) groups excluding carboxylic acids is 2. The van der Waals surface area contributed by atoms with E-state index >= 15 is 0 Å². The highest BCUT2D eigenvalue weighted by Gasteiger charge is 2.34. The Kier molecular flexibility index (Phi) is 9.22. The predicted octanol–water partition coefficient (Wildman–Crippen LogP) is 2.34. The van der Waals surface area contributed by atoms with Crippen LogP contribution < -0.4 is 10.0 Å². The summed E-state index contributed by atoms with van der Waals surface area (Å²) in [7, 11) is -4.01. The molecule has 0 spiro atoms. The van der Waals surface area contributed by atoms with E-state index in [1.807, 2.05) is 6.92 Å². The van der Waals surface area contributed by atoms with Gasteiger partial charge in [0.2, 0.25) is 21.8 Å². The fourth-order valence-corrected chi connectivity index (χ4v) is 5.41. The number of benzene rings is 1. The summed E-state index contributed by atoms with van der Waals surface area (Å²) in [5.74, 6) is -1.24. The summed E-state index contributed by atoms with van der Waals surface area (Å²) in [5, 5.41) is 3.08. The lowest BCUT2D eigenvalue weighted by Crippen LogP contribution is -2.55. The van der Waals surface area contributed by atoms with E-state index in [0.29, 0.717) is 19.4 Å². The molecule has 1 aliphatic heterocycles. The van der Waals surface area contributed by atoms with Crippen molar-refractivity contribution in [1.29, 1.82) is 0 Å². The lowest BCUT2D eigenvalue weighted by molar-refractivity contribution is -0.142. The summed E-state index contributed by atoms with van der Waals surface area (Å²) in [4.78, 5) is 27.7. The standard InChI is InChI=1S/C23H34FN3O5S/c1-2-6-21(23(29)26-18-7-3-4-8-18)27(16-19-9-5-14-32-19)22(28)15-25-33(30,31)20-12-10-17(24)11-13-20/h10-13,18-19,21,25H,2-9,14-16H2,1H3,(H,26,29)/t19-,21-/m0/s1. The van der Waals surface area contributed by atoms with E-state index in [2.05, 4.69) is 10.0 Å². The van der Waals surface area contributed by atoms with Crippen LogP contribution >= 0.6 is 0 Å². The zero-order valence-electron chi connectivity index (χ0n) is 19.1. The Balaban J connectivity index is 1.73. The second kappa shape index (κ2) is 11.9. The molecule has 1 saturated heterocycles. The molecule has 2 atom stereocenters. The molecule has 3 rings (SSSR count). The largest absolute Gasteiger partial charge is 0.376 e. The zero-order chi connectivity index (χ0) is 23.8. The molecule has 8 nitrogen and oxygen atoms in total. The molecule has 33 heavy (non-hydrogen) atoms. The highest BCUT2D eigenvalue weighted by molar-refractivity contribution is 7.89. The van der Waals surface area contributed by atoms with Gasteiger partial charge >= 0.3 is 0 Å². The van der Waals surface area contributed by atoms with Gasteiger partial charge in [0.15, 0.2) is 0 Å². The van der Waals surface area contributed by atoms with E-state index in [4.69, 9.17) is 4.74 Å². The number of halogens is 1. The topological polar surface area (TPSA) is 105 Å². The predicted molar refractivity (Wildman–Crippen MR) is 121 cm³/mol. The zero-order valence-corrected chi connectivity index (χ0v) is 19.9. The maximum absolute atomic E-state index is 13.2. The third-order valence-corrected chi connectivity index (χ3v) is 7.64. The minimum atomic E-state index is -4.01. The van der Waals surface area contributed by atoms with Crippen molar-refractivity contribution in [2.75, 3.05) is 19.7 Å². The Labute approximate surface area is 195 Å². The summed E-state index contributed by atoms with van der Waals surface area (Å²) >= 11 is 0. The number of nitrogens with one attached hydrogen (secondary N) is 2. The van der Waals surface area contributed by atoms with Crippen molar-refractivity contribution in [2.24, 2.45) is 0 Å². The van der Waals surface area contributed by atoms with E-state index in [1.54, 1.807) is 0 Å². The van der Waals surface area contributed by atoms with Crippen molar-refractivity contribution in [3.8, 4) is 0 Å². The number of ether oxygens (including phenoxy) is 1. The quantitative estimate of drug-likeness (QED) is 0.503. The number of carbonyl (C=O) groups is 2. The van der Waals surface area contributed by atoms with Crippen molar-refractivity contribution in [3.63, 3.8) is 0 Å². The fraction of sp³-hybridized carbons (Fsp3) is 0.652. The van der Waals surface area contributed by atoms with Gasteiger partial charge in [-0.15, -0.1) is 0 Å². The van der Waals surface area contributed by atoms with Gasteiger partial charge in [0, 0.05) is 19.2 Å². The Morgan fingerprint density at radius 3 is 2.45 bits per heavy atom. The van der Waals surface area contributed by atoms with Crippen LogP contribution in [0.5, 0.6) is 0 Å². The van der Waals surface area contributed by atoms with Crippen LogP contribution in [0.15, 0.2) is 29.2 Å². The first-order valence-corrected chi connectivity index (χ1v) is 13.2. The molecule has 0 radical (unpaired) electrons. The van der Waals surface area contributed by atoms with E-state index in [9.17, 15) is 22.4 Å². The van der Waals surface area contributed by atoms with Crippen molar-refractivity contribution in [3.05, 3.63) is 30.1 Å². The first-order valence-electron chi connectivity index (χ1n) is 11.8. The molecule has 0 unspecified atom stereocenters. The minimum absolute atomic E-state index is 0.119. The smallest absolute Gasteiger partial charge is 0.243 e. The molecule has 10 heteroatoms. The molecular formula is C23H34FN3O5S. The summed E-state index contributed by atoms with van der Waals surface area (Å²) in [6, 6.07) is 3.80. The molecule has 184 valence electrons. The average Bonchev–Trinajstić information content (AvgIpc) is 3.49. The lowest BCUT2D eigenvalue weighted by atomic mass is 10.1. The fourth-order valence-electron chi connectivity index (χ4n) is 4.44. The minimum Gasteiger partial charge on any atom is -0.376 e. The van der Waals surface area contributed by atoms with Crippen LogP contribution in [0.25, 0.3) is 0 Å². The van der Waals surface area contributed by atoms with Gasteiger partial charge < -0.3 is 15.0 Å². The van der Waals surface area contributed by atoms with Gasteiger partial charge in [0.05, 0.1) is 17.5 Å². The molecule has 2 N–H and O–H groups in total. The maximum Gasteiger partial charge on any atom is 0.243 e. The molecule has 0 aromatic heterocycles. The first kappa shape index (κ1) is 25.6. The maximum atomic E-state index is 13.2. The van der Waals surface area contributed by atoms with Gasteiger partial charge in [-0.05, 0) is 56.4 Å². The molecule has 1 aliphatic carbocycles. The Bertz CT molecular complexity index is 897. The molecule has 2 fully saturated rings. The second-order valence-electron chi connectivity index (χ2n) is 8.75. The van der Waals surface area contributed by atoms with Crippen LogP contribution in [0.2, 0.25) is 0 Å². The van der Waals surface area contributed by atoms with Crippen LogP contribution in [0, 0.1) is 5.82 Å². The number of hydrogen-bond donors (Lipinski definition) is 2.